The molecular formula is C14H22N4O. The van der Waals surface area contributed by atoms with Gasteiger partial charge in [0.1, 0.15) is 5.82 Å². The number of pyridine rings is 1. The summed E-state index contributed by atoms with van der Waals surface area (Å²) in [6.45, 7) is 0. The third-order valence-corrected chi connectivity index (χ3v) is 3.61. The van der Waals surface area contributed by atoms with Gasteiger partial charge >= 0.3 is 0 Å². The second-order valence-corrected chi connectivity index (χ2v) is 5.09. The predicted octanol–water partition coefficient (Wildman–Crippen LogP) is 2.21. The number of nitrogen functional groups attached to an aromatic ring is 1. The zero-order valence-electron chi connectivity index (χ0n) is 11.2. The number of hydrogen-bond acceptors (Lipinski definition) is 4. The molecule has 1 aliphatic carbocycles. The Bertz CT molecular complexity index is 414. The summed E-state index contributed by atoms with van der Waals surface area (Å²) < 4.78 is 0. The summed E-state index contributed by atoms with van der Waals surface area (Å²) in [5.74, 6) is 5.76. The molecule has 0 aromatic carbocycles. The van der Waals surface area contributed by atoms with Gasteiger partial charge in [-0.15, -0.1) is 0 Å². The first kappa shape index (κ1) is 13.8. The van der Waals surface area contributed by atoms with E-state index in [-0.39, 0.29) is 5.91 Å². The first-order valence-electron chi connectivity index (χ1n) is 7.03. The number of hydrazine groups is 1. The van der Waals surface area contributed by atoms with E-state index in [1.165, 1.54) is 32.1 Å². The van der Waals surface area contributed by atoms with Gasteiger partial charge in [-0.3, -0.25) is 4.79 Å². The number of aromatic nitrogens is 1. The van der Waals surface area contributed by atoms with Crippen molar-refractivity contribution < 1.29 is 4.79 Å². The molecular weight excluding hydrogens is 240 g/mol. The highest BCUT2D eigenvalue weighted by Crippen LogP contribution is 2.17. The number of nitrogens with two attached hydrogens (primary N) is 1. The van der Waals surface area contributed by atoms with Gasteiger partial charge in [0.05, 0.1) is 0 Å². The van der Waals surface area contributed by atoms with Crippen LogP contribution in [0.2, 0.25) is 0 Å². The van der Waals surface area contributed by atoms with Gasteiger partial charge in [0.2, 0.25) is 0 Å². The molecule has 1 fully saturated rings. The average Bonchev–Trinajstić information content (AvgIpc) is 2.41. The van der Waals surface area contributed by atoms with Crippen LogP contribution < -0.4 is 16.6 Å². The fraction of sp³-hybridized carbons (Fsp3) is 0.571. The van der Waals surface area contributed by atoms with Gasteiger partial charge in [-0.05, 0) is 25.0 Å². The van der Waals surface area contributed by atoms with Gasteiger partial charge in [-0.2, -0.15) is 0 Å². The minimum absolute atomic E-state index is 0.0375. The van der Waals surface area contributed by atoms with Gasteiger partial charge in [0.15, 0.2) is 0 Å². The SMILES string of the molecule is NNc1cc(C(=O)NC2CCCCCCC2)ccn1. The molecule has 0 spiro atoms. The summed E-state index contributed by atoms with van der Waals surface area (Å²) in [7, 11) is 0. The Morgan fingerprint density at radius 2 is 1.89 bits per heavy atom. The summed E-state index contributed by atoms with van der Waals surface area (Å²) >= 11 is 0. The Kier molecular flexibility index (Phi) is 5.15. The number of nitrogens with one attached hydrogen (secondary N) is 2. The van der Waals surface area contributed by atoms with Crippen LogP contribution in [0.4, 0.5) is 5.82 Å². The maximum atomic E-state index is 12.2. The molecule has 1 heterocycles. The molecule has 0 unspecified atom stereocenters. The fourth-order valence-corrected chi connectivity index (χ4v) is 2.52. The van der Waals surface area contributed by atoms with E-state index in [0.717, 1.165) is 12.8 Å². The van der Waals surface area contributed by atoms with Crippen molar-refractivity contribution in [3.8, 4) is 0 Å². The second kappa shape index (κ2) is 7.09. The Hall–Kier alpha value is -1.62. The lowest BCUT2D eigenvalue weighted by Gasteiger charge is -2.21. The molecule has 1 aromatic heterocycles. The van der Waals surface area contributed by atoms with Crippen molar-refractivity contribution >= 4 is 11.7 Å². The number of anilines is 1. The fourth-order valence-electron chi connectivity index (χ4n) is 2.52. The van der Waals surface area contributed by atoms with Gasteiger partial charge in [0.25, 0.3) is 5.91 Å². The highest BCUT2D eigenvalue weighted by molar-refractivity contribution is 5.94. The topological polar surface area (TPSA) is 80.0 Å². The zero-order chi connectivity index (χ0) is 13.5. The standard InChI is InChI=1S/C14H22N4O/c15-18-13-10-11(8-9-16-13)14(19)17-12-6-4-2-1-3-5-7-12/h8-10,12H,1-7,15H2,(H,16,18)(H,17,19). The molecule has 1 aliphatic rings. The van der Waals surface area contributed by atoms with Crippen molar-refractivity contribution in [3.63, 3.8) is 0 Å². The number of amides is 1. The molecule has 104 valence electrons. The van der Waals surface area contributed by atoms with Gasteiger partial charge in [0, 0.05) is 17.8 Å². The zero-order valence-corrected chi connectivity index (χ0v) is 11.2. The van der Waals surface area contributed by atoms with Crippen LogP contribution >= 0.6 is 0 Å². The summed E-state index contributed by atoms with van der Waals surface area (Å²) in [6.07, 6.45) is 10.1. The van der Waals surface area contributed by atoms with Crippen LogP contribution in [-0.4, -0.2) is 16.9 Å². The summed E-state index contributed by atoms with van der Waals surface area (Å²) in [6, 6.07) is 3.67. The summed E-state index contributed by atoms with van der Waals surface area (Å²) in [5.41, 5.74) is 3.05. The lowest BCUT2D eigenvalue weighted by Crippen LogP contribution is -2.35. The number of hydrogen-bond donors (Lipinski definition) is 3. The largest absolute Gasteiger partial charge is 0.349 e. The van der Waals surface area contributed by atoms with Crippen LogP contribution in [0.25, 0.3) is 0 Å². The molecule has 5 heteroatoms. The monoisotopic (exact) mass is 262 g/mol. The third kappa shape index (κ3) is 4.21. The average molecular weight is 262 g/mol. The predicted molar refractivity (Wildman–Crippen MR) is 75.6 cm³/mol. The minimum Gasteiger partial charge on any atom is -0.349 e. The lowest BCUT2D eigenvalue weighted by molar-refractivity contribution is 0.0930. The van der Waals surface area contributed by atoms with E-state index in [2.05, 4.69) is 15.7 Å². The van der Waals surface area contributed by atoms with Gasteiger partial charge < -0.3 is 10.7 Å². The van der Waals surface area contributed by atoms with E-state index >= 15 is 0 Å². The van der Waals surface area contributed by atoms with Crippen LogP contribution in [0.15, 0.2) is 18.3 Å². The molecule has 0 bridgehead atoms. The van der Waals surface area contributed by atoms with Crippen molar-refractivity contribution in [2.24, 2.45) is 5.84 Å². The Morgan fingerprint density at radius 3 is 2.58 bits per heavy atom. The van der Waals surface area contributed by atoms with E-state index in [4.69, 9.17) is 5.84 Å². The summed E-state index contributed by atoms with van der Waals surface area (Å²) in [5, 5.41) is 3.12. The van der Waals surface area contributed by atoms with Crippen molar-refractivity contribution in [1.29, 1.82) is 0 Å². The quantitative estimate of drug-likeness (QED) is 0.576. The Balaban J connectivity index is 1.94. The van der Waals surface area contributed by atoms with E-state index in [9.17, 15) is 4.79 Å². The molecule has 2 rings (SSSR count). The molecule has 1 saturated carbocycles. The molecule has 0 aliphatic heterocycles. The maximum absolute atomic E-state index is 12.2. The normalized spacial score (nSPS) is 17.3. The van der Waals surface area contributed by atoms with E-state index in [1.807, 2.05) is 0 Å². The number of nitrogens with zero attached hydrogens (tertiary/aromatic N) is 1. The molecule has 1 aromatic rings. The van der Waals surface area contributed by atoms with Crippen LogP contribution in [0.3, 0.4) is 0 Å². The first-order chi connectivity index (χ1) is 9.29. The van der Waals surface area contributed by atoms with Crippen LogP contribution in [-0.2, 0) is 0 Å². The molecule has 5 nitrogen and oxygen atoms in total. The Morgan fingerprint density at radius 1 is 1.21 bits per heavy atom. The molecule has 4 N–H and O–H groups in total. The van der Waals surface area contributed by atoms with Crippen molar-refractivity contribution in [3.05, 3.63) is 23.9 Å². The maximum Gasteiger partial charge on any atom is 0.251 e. The van der Waals surface area contributed by atoms with Crippen molar-refractivity contribution in [2.75, 3.05) is 5.43 Å². The van der Waals surface area contributed by atoms with Gasteiger partial charge in [-0.25, -0.2) is 10.8 Å². The van der Waals surface area contributed by atoms with E-state index in [1.54, 1.807) is 18.3 Å². The van der Waals surface area contributed by atoms with Crippen LogP contribution in [0.1, 0.15) is 55.3 Å². The van der Waals surface area contributed by atoms with Crippen molar-refractivity contribution in [2.45, 2.75) is 51.0 Å². The van der Waals surface area contributed by atoms with E-state index < -0.39 is 0 Å². The van der Waals surface area contributed by atoms with E-state index in [0.29, 0.717) is 17.4 Å². The lowest BCUT2D eigenvalue weighted by atomic mass is 9.96. The van der Waals surface area contributed by atoms with Crippen molar-refractivity contribution in [1.82, 2.24) is 10.3 Å². The highest BCUT2D eigenvalue weighted by Gasteiger charge is 2.15. The second-order valence-electron chi connectivity index (χ2n) is 5.09. The minimum atomic E-state index is -0.0375. The van der Waals surface area contributed by atoms with Crippen LogP contribution in [0.5, 0.6) is 0 Å². The number of carbonyl (C=O) groups excluding carboxylic acids is 1. The molecule has 0 radical (unpaired) electrons. The van der Waals surface area contributed by atoms with Crippen LogP contribution in [0, 0.1) is 0 Å². The molecule has 1 amide bonds. The Labute approximate surface area is 114 Å². The first-order valence-corrected chi connectivity index (χ1v) is 7.03. The molecule has 0 saturated heterocycles. The van der Waals surface area contributed by atoms with Gasteiger partial charge in [-0.1, -0.05) is 32.1 Å². The molecule has 0 atom stereocenters. The third-order valence-electron chi connectivity index (χ3n) is 3.61. The molecule has 19 heavy (non-hydrogen) atoms. The number of carbonyl (C=O) groups is 1. The number of rotatable bonds is 3. The summed E-state index contributed by atoms with van der Waals surface area (Å²) in [4.78, 5) is 16.2. The highest BCUT2D eigenvalue weighted by atomic mass is 16.1. The smallest absolute Gasteiger partial charge is 0.251 e.